The lowest BCUT2D eigenvalue weighted by Gasteiger charge is -2.42. The Morgan fingerprint density at radius 1 is 0.429 bits per heavy atom. The van der Waals surface area contributed by atoms with Crippen molar-refractivity contribution in [1.29, 1.82) is 5.26 Å². The fourth-order valence-corrected chi connectivity index (χ4v) is 9.40. The molecular formula is C52H36N4. The third kappa shape index (κ3) is 4.52. The number of hydrogen-bond donors (Lipinski definition) is 0. The van der Waals surface area contributed by atoms with E-state index < -0.39 is 0 Å². The minimum atomic E-state index is -0.197. The molecule has 8 aromatic carbocycles. The van der Waals surface area contributed by atoms with Gasteiger partial charge in [-0.3, -0.25) is 0 Å². The maximum atomic E-state index is 9.90. The predicted molar refractivity (Wildman–Crippen MR) is 232 cm³/mol. The van der Waals surface area contributed by atoms with Crippen LogP contribution in [0, 0.1) is 11.3 Å². The molecule has 0 radical (unpaired) electrons. The molecule has 0 spiro atoms. The van der Waals surface area contributed by atoms with Gasteiger partial charge >= 0.3 is 0 Å². The first-order valence-corrected chi connectivity index (χ1v) is 19.2. The first-order chi connectivity index (χ1) is 27.5. The van der Waals surface area contributed by atoms with Crippen LogP contribution in [-0.2, 0) is 5.41 Å². The molecule has 4 nitrogen and oxygen atoms in total. The van der Waals surface area contributed by atoms with Crippen LogP contribution in [0.2, 0.25) is 0 Å². The minimum absolute atomic E-state index is 0.197. The molecule has 1 aliphatic heterocycles. The van der Waals surface area contributed by atoms with E-state index in [4.69, 9.17) is 0 Å². The zero-order valence-electron chi connectivity index (χ0n) is 31.1. The summed E-state index contributed by atoms with van der Waals surface area (Å²) in [6, 6.07) is 67.8. The van der Waals surface area contributed by atoms with E-state index in [1.807, 2.05) is 12.1 Å². The molecular weight excluding hydrogens is 681 g/mol. The zero-order chi connectivity index (χ0) is 37.5. The van der Waals surface area contributed by atoms with E-state index in [1.165, 1.54) is 44.0 Å². The maximum absolute atomic E-state index is 9.90. The minimum Gasteiger partial charge on any atom is -0.310 e. The number of benzene rings is 8. The van der Waals surface area contributed by atoms with Crippen molar-refractivity contribution in [2.75, 3.05) is 4.90 Å². The van der Waals surface area contributed by atoms with E-state index in [0.717, 1.165) is 50.3 Å². The van der Waals surface area contributed by atoms with Gasteiger partial charge in [0.2, 0.25) is 0 Å². The van der Waals surface area contributed by atoms with E-state index in [-0.39, 0.29) is 5.41 Å². The van der Waals surface area contributed by atoms with Crippen molar-refractivity contribution in [2.45, 2.75) is 19.3 Å². The first kappa shape index (κ1) is 32.1. The van der Waals surface area contributed by atoms with Gasteiger partial charge in [-0.15, -0.1) is 0 Å². The zero-order valence-corrected chi connectivity index (χ0v) is 31.1. The van der Waals surface area contributed by atoms with Crippen molar-refractivity contribution < 1.29 is 0 Å². The van der Waals surface area contributed by atoms with Gasteiger partial charge in [0.25, 0.3) is 0 Å². The Morgan fingerprint density at radius 3 is 1.21 bits per heavy atom. The Balaban J connectivity index is 1.36. The molecule has 56 heavy (non-hydrogen) atoms. The number of hydrogen-bond acceptors (Lipinski definition) is 2. The fraction of sp³-hybridized carbons (Fsp3) is 0.0577. The fourth-order valence-electron chi connectivity index (χ4n) is 9.40. The molecule has 0 fully saturated rings. The van der Waals surface area contributed by atoms with Crippen molar-refractivity contribution in [3.05, 3.63) is 199 Å². The van der Waals surface area contributed by atoms with Crippen LogP contribution in [0.25, 0.3) is 66.1 Å². The third-order valence-electron chi connectivity index (χ3n) is 11.9. The quantitative estimate of drug-likeness (QED) is 0.182. The molecule has 0 aliphatic carbocycles. The van der Waals surface area contributed by atoms with Crippen LogP contribution in [0.1, 0.15) is 30.5 Å². The summed E-state index contributed by atoms with van der Waals surface area (Å²) in [7, 11) is 0. The molecule has 3 heterocycles. The molecule has 10 aromatic rings. The molecule has 0 N–H and O–H groups in total. The standard InChI is InChI=1S/C52H36N4/c1-52(2)41-19-7-13-25-47(41)54(48-26-14-8-20-42(48)52)36-31-49(55-43-21-9-3-15-37(43)38-16-4-10-22-44(38)55)51(35-29-27-34(33-53)28-30-35)50(32-36)56-45-23-11-5-17-39(45)40-18-6-12-24-46(40)56/h3-32H,1-2H3. The molecule has 0 unspecified atom stereocenters. The van der Waals surface area contributed by atoms with E-state index in [1.54, 1.807) is 0 Å². The van der Waals surface area contributed by atoms with Gasteiger partial charge in [-0.05, 0) is 77.4 Å². The second-order valence-corrected chi connectivity index (χ2v) is 15.3. The van der Waals surface area contributed by atoms with Crippen molar-refractivity contribution >= 4 is 60.7 Å². The molecule has 2 aromatic heterocycles. The molecule has 0 bridgehead atoms. The van der Waals surface area contributed by atoms with Crippen molar-refractivity contribution in [1.82, 2.24) is 9.13 Å². The number of nitrogens with zero attached hydrogens (tertiary/aromatic N) is 4. The lowest BCUT2D eigenvalue weighted by atomic mass is 9.73. The Labute approximate surface area is 325 Å². The normalized spacial score (nSPS) is 13.3. The Morgan fingerprint density at radius 2 is 0.804 bits per heavy atom. The summed E-state index contributed by atoms with van der Waals surface area (Å²) in [5.74, 6) is 0. The molecule has 11 rings (SSSR count). The van der Waals surface area contributed by atoms with Crippen molar-refractivity contribution in [2.24, 2.45) is 0 Å². The van der Waals surface area contributed by atoms with Gasteiger partial charge in [0.05, 0.1) is 62.1 Å². The van der Waals surface area contributed by atoms with Gasteiger partial charge in [0, 0.05) is 32.5 Å². The van der Waals surface area contributed by atoms with E-state index in [0.29, 0.717) is 5.56 Å². The summed E-state index contributed by atoms with van der Waals surface area (Å²) >= 11 is 0. The van der Waals surface area contributed by atoms with E-state index in [9.17, 15) is 5.26 Å². The number of para-hydroxylation sites is 6. The van der Waals surface area contributed by atoms with Crippen LogP contribution in [-0.4, -0.2) is 9.13 Å². The number of anilines is 3. The average Bonchev–Trinajstić information content (AvgIpc) is 3.77. The van der Waals surface area contributed by atoms with Gasteiger partial charge in [0.1, 0.15) is 0 Å². The number of aromatic nitrogens is 2. The smallest absolute Gasteiger partial charge is 0.0991 e. The molecule has 4 heteroatoms. The summed E-state index contributed by atoms with van der Waals surface area (Å²) in [6.45, 7) is 4.67. The van der Waals surface area contributed by atoms with Crippen molar-refractivity contribution in [3.8, 4) is 28.6 Å². The molecule has 264 valence electrons. The van der Waals surface area contributed by atoms with Gasteiger partial charge < -0.3 is 14.0 Å². The van der Waals surface area contributed by atoms with Gasteiger partial charge in [0.15, 0.2) is 0 Å². The summed E-state index contributed by atoms with van der Waals surface area (Å²) in [4.78, 5) is 2.47. The van der Waals surface area contributed by atoms with Gasteiger partial charge in [-0.2, -0.15) is 5.26 Å². The van der Waals surface area contributed by atoms with Gasteiger partial charge in [-0.25, -0.2) is 0 Å². The largest absolute Gasteiger partial charge is 0.310 e. The summed E-state index contributed by atoms with van der Waals surface area (Å²) in [5, 5.41) is 14.7. The highest BCUT2D eigenvalue weighted by atomic mass is 15.2. The maximum Gasteiger partial charge on any atom is 0.0991 e. The Hall–Kier alpha value is -7.35. The van der Waals surface area contributed by atoms with Crippen LogP contribution in [0.15, 0.2) is 182 Å². The van der Waals surface area contributed by atoms with Crippen LogP contribution >= 0.6 is 0 Å². The molecule has 0 saturated heterocycles. The molecule has 0 atom stereocenters. The second kappa shape index (κ2) is 12.1. The van der Waals surface area contributed by atoms with Crippen LogP contribution in [0.5, 0.6) is 0 Å². The average molecular weight is 717 g/mol. The Bertz CT molecular complexity index is 2950. The summed E-state index contributed by atoms with van der Waals surface area (Å²) < 4.78 is 4.90. The van der Waals surface area contributed by atoms with Gasteiger partial charge in [-0.1, -0.05) is 135 Å². The van der Waals surface area contributed by atoms with Crippen LogP contribution in [0.3, 0.4) is 0 Å². The van der Waals surface area contributed by atoms with Crippen molar-refractivity contribution in [3.63, 3.8) is 0 Å². The molecule has 1 aliphatic rings. The molecule has 0 amide bonds. The number of nitriles is 1. The first-order valence-electron chi connectivity index (χ1n) is 19.2. The highest BCUT2D eigenvalue weighted by molar-refractivity contribution is 6.12. The second-order valence-electron chi connectivity index (χ2n) is 15.3. The van der Waals surface area contributed by atoms with Crippen LogP contribution in [0.4, 0.5) is 17.1 Å². The summed E-state index contributed by atoms with van der Waals surface area (Å²) in [6.07, 6.45) is 0. The topological polar surface area (TPSA) is 36.9 Å². The highest BCUT2D eigenvalue weighted by Crippen LogP contribution is 2.53. The lowest BCUT2D eigenvalue weighted by molar-refractivity contribution is 0.632. The molecule has 0 saturated carbocycles. The number of rotatable bonds is 4. The predicted octanol–water partition coefficient (Wildman–Crippen LogP) is 13.5. The third-order valence-corrected chi connectivity index (χ3v) is 11.9. The monoisotopic (exact) mass is 716 g/mol. The van der Waals surface area contributed by atoms with E-state index >= 15 is 0 Å². The highest BCUT2D eigenvalue weighted by Gasteiger charge is 2.37. The Kier molecular flexibility index (Phi) is 6.93. The van der Waals surface area contributed by atoms with E-state index in [2.05, 4.69) is 204 Å². The number of fused-ring (bicyclic) bond motifs is 8. The summed E-state index contributed by atoms with van der Waals surface area (Å²) in [5.41, 5.74) is 15.2. The SMILES string of the molecule is CC1(C)c2ccccc2N(c2cc(-n3c4ccccc4c4ccccc43)c(-c3ccc(C#N)cc3)c(-n3c4ccccc4c4ccccc43)c2)c2ccccc21. The lowest BCUT2D eigenvalue weighted by Crippen LogP contribution is -2.30. The van der Waals surface area contributed by atoms with Crippen LogP contribution < -0.4 is 4.90 Å².